The smallest absolute Gasteiger partial charge is 0.372 e. The van der Waals surface area contributed by atoms with Gasteiger partial charge in [0.25, 0.3) is 10.0 Å². The van der Waals surface area contributed by atoms with Crippen molar-refractivity contribution in [2.45, 2.75) is 48.4 Å². The molecule has 0 heterocycles. The second-order valence-corrected chi connectivity index (χ2v) is 11.1. The lowest BCUT2D eigenvalue weighted by atomic mass is 9.85. The van der Waals surface area contributed by atoms with Crippen molar-refractivity contribution in [2.75, 3.05) is 4.31 Å². The fraction of sp³-hybridized carbons (Fsp3) is 0.280. The molecule has 1 aliphatic rings. The lowest BCUT2D eigenvalue weighted by Gasteiger charge is -2.33. The zero-order chi connectivity index (χ0) is 25.4. The maximum Gasteiger partial charge on any atom is 0.425 e. The number of alkyl halides is 3. The van der Waals surface area contributed by atoms with Gasteiger partial charge >= 0.3 is 6.18 Å². The van der Waals surface area contributed by atoms with Gasteiger partial charge in [-0.2, -0.15) is 13.2 Å². The second kappa shape index (κ2) is 9.65. The first-order valence-electron chi connectivity index (χ1n) is 10.9. The molecule has 0 aliphatic heterocycles. The first-order valence-corrected chi connectivity index (χ1v) is 13.1. The summed E-state index contributed by atoms with van der Waals surface area (Å²) in [6.45, 7) is 0. The molecule has 4 rings (SSSR count). The molecule has 35 heavy (non-hydrogen) atoms. The highest BCUT2D eigenvalue weighted by atomic mass is 35.5. The Hall–Kier alpha value is -2.26. The van der Waals surface area contributed by atoms with Crippen molar-refractivity contribution in [1.29, 1.82) is 0 Å². The zero-order valence-electron chi connectivity index (χ0n) is 18.3. The summed E-state index contributed by atoms with van der Waals surface area (Å²) < 4.78 is 70.9. The van der Waals surface area contributed by atoms with E-state index in [4.69, 9.17) is 23.2 Å². The number of anilines is 1. The summed E-state index contributed by atoms with van der Waals surface area (Å²) >= 11 is 12.2. The van der Waals surface area contributed by atoms with E-state index in [0.29, 0.717) is 12.8 Å². The summed E-state index contributed by atoms with van der Waals surface area (Å²) in [5, 5.41) is 11.0. The van der Waals surface area contributed by atoms with E-state index in [9.17, 15) is 26.7 Å². The Morgan fingerprint density at radius 2 is 1.43 bits per heavy atom. The molecule has 0 radical (unpaired) electrons. The first-order chi connectivity index (χ1) is 16.5. The van der Waals surface area contributed by atoms with Crippen molar-refractivity contribution in [2.24, 2.45) is 0 Å². The predicted molar refractivity (Wildman–Crippen MR) is 130 cm³/mol. The molecule has 0 saturated heterocycles. The summed E-state index contributed by atoms with van der Waals surface area (Å²) in [7, 11) is -4.19. The normalized spacial score (nSPS) is 16.7. The highest BCUT2D eigenvalue weighted by molar-refractivity contribution is 7.93. The van der Waals surface area contributed by atoms with Gasteiger partial charge in [-0.3, -0.25) is 4.31 Å². The number of benzene rings is 3. The molecule has 1 unspecified atom stereocenters. The van der Waals surface area contributed by atoms with Crippen molar-refractivity contribution < 1.29 is 26.7 Å². The molecule has 3 aromatic carbocycles. The van der Waals surface area contributed by atoms with E-state index in [0.717, 1.165) is 25.0 Å². The first kappa shape index (κ1) is 25.8. The van der Waals surface area contributed by atoms with E-state index in [-0.39, 0.29) is 26.2 Å². The third-order valence-electron chi connectivity index (χ3n) is 6.23. The van der Waals surface area contributed by atoms with Crippen LogP contribution in [-0.4, -0.2) is 25.7 Å². The van der Waals surface area contributed by atoms with E-state index < -0.39 is 33.4 Å². The highest BCUT2D eigenvalue weighted by Crippen LogP contribution is 2.45. The second-order valence-electron chi connectivity index (χ2n) is 8.43. The van der Waals surface area contributed by atoms with Crippen LogP contribution in [0.3, 0.4) is 0 Å². The van der Waals surface area contributed by atoms with Crippen molar-refractivity contribution in [3.8, 4) is 0 Å². The number of nitrogens with zero attached hydrogens (tertiary/aromatic N) is 1. The Balaban J connectivity index is 1.82. The molecular formula is C25H22Cl2F3NO3S. The Kier molecular flexibility index (Phi) is 7.12. The van der Waals surface area contributed by atoms with E-state index >= 15 is 0 Å². The molecule has 4 nitrogen and oxygen atoms in total. The molecule has 0 spiro atoms. The molecule has 1 aliphatic carbocycles. The van der Waals surface area contributed by atoms with E-state index in [1.54, 1.807) is 6.07 Å². The molecule has 1 fully saturated rings. The van der Waals surface area contributed by atoms with Crippen LogP contribution in [0.25, 0.3) is 0 Å². The van der Waals surface area contributed by atoms with Crippen molar-refractivity contribution >= 4 is 38.9 Å². The minimum absolute atomic E-state index is 0.00968. The molecule has 10 heteroatoms. The van der Waals surface area contributed by atoms with Crippen LogP contribution in [0, 0.1) is 0 Å². The van der Waals surface area contributed by atoms with Crippen LogP contribution in [0.2, 0.25) is 10.0 Å². The van der Waals surface area contributed by atoms with Gasteiger partial charge in [0, 0.05) is 11.1 Å². The molecule has 0 aromatic heterocycles. The SMILES string of the molecule is O=S(=O)(c1cc(Cl)ccc1Cl)N(c1ccc(C(O)(c2ccccc2)C(F)(F)F)cc1)C1CCCC1. The fourth-order valence-electron chi connectivity index (χ4n) is 4.49. The topological polar surface area (TPSA) is 57.6 Å². The van der Waals surface area contributed by atoms with Gasteiger partial charge in [-0.1, -0.05) is 78.5 Å². The average molecular weight is 544 g/mol. The van der Waals surface area contributed by atoms with Crippen LogP contribution in [0.1, 0.15) is 36.8 Å². The Morgan fingerprint density at radius 3 is 2.00 bits per heavy atom. The minimum atomic E-state index is -5.01. The number of halogens is 5. The van der Waals surface area contributed by atoms with Gasteiger partial charge in [-0.25, -0.2) is 8.42 Å². The molecule has 1 N–H and O–H groups in total. The van der Waals surface area contributed by atoms with Gasteiger partial charge in [0.2, 0.25) is 5.60 Å². The quantitative estimate of drug-likeness (QED) is 0.366. The largest absolute Gasteiger partial charge is 0.425 e. The van der Waals surface area contributed by atoms with Crippen LogP contribution in [0.5, 0.6) is 0 Å². The van der Waals surface area contributed by atoms with E-state index in [1.165, 1.54) is 58.9 Å². The summed E-state index contributed by atoms with van der Waals surface area (Å²) in [4.78, 5) is -0.182. The summed E-state index contributed by atoms with van der Waals surface area (Å²) in [6, 6.07) is 15.2. The van der Waals surface area contributed by atoms with Crippen LogP contribution in [0.15, 0.2) is 77.7 Å². The lowest BCUT2D eigenvalue weighted by molar-refractivity contribution is -0.248. The van der Waals surface area contributed by atoms with Crippen LogP contribution < -0.4 is 4.31 Å². The third kappa shape index (κ3) is 4.77. The van der Waals surface area contributed by atoms with E-state index in [1.807, 2.05) is 0 Å². The van der Waals surface area contributed by atoms with Gasteiger partial charge < -0.3 is 5.11 Å². The fourth-order valence-corrected chi connectivity index (χ4v) is 6.94. The van der Waals surface area contributed by atoms with E-state index in [2.05, 4.69) is 0 Å². The Labute approximate surface area is 212 Å². The Morgan fingerprint density at radius 1 is 0.857 bits per heavy atom. The number of aliphatic hydroxyl groups is 1. The zero-order valence-corrected chi connectivity index (χ0v) is 20.7. The van der Waals surface area contributed by atoms with Crippen molar-refractivity contribution in [1.82, 2.24) is 0 Å². The van der Waals surface area contributed by atoms with Gasteiger partial charge in [0.05, 0.1) is 10.7 Å². The van der Waals surface area contributed by atoms with Gasteiger partial charge in [-0.15, -0.1) is 0 Å². The summed E-state index contributed by atoms with van der Waals surface area (Å²) in [6.07, 6.45) is -2.19. The van der Waals surface area contributed by atoms with Crippen LogP contribution >= 0.6 is 23.2 Å². The number of sulfonamides is 1. The molecule has 0 amide bonds. The van der Waals surface area contributed by atoms with Gasteiger partial charge in [0.15, 0.2) is 0 Å². The maximum atomic E-state index is 14.1. The lowest BCUT2D eigenvalue weighted by Crippen LogP contribution is -2.43. The van der Waals surface area contributed by atoms with Crippen molar-refractivity contribution in [3.63, 3.8) is 0 Å². The monoisotopic (exact) mass is 543 g/mol. The average Bonchev–Trinajstić information content (AvgIpc) is 3.34. The molecule has 186 valence electrons. The molecule has 0 bridgehead atoms. The highest BCUT2D eigenvalue weighted by Gasteiger charge is 2.56. The predicted octanol–water partition coefficient (Wildman–Crippen LogP) is 6.93. The molecule has 1 saturated carbocycles. The minimum Gasteiger partial charge on any atom is -0.372 e. The van der Waals surface area contributed by atoms with Crippen molar-refractivity contribution in [3.05, 3.63) is 94.0 Å². The van der Waals surface area contributed by atoms with Crippen LogP contribution in [0.4, 0.5) is 18.9 Å². The third-order valence-corrected chi connectivity index (χ3v) is 8.82. The summed E-state index contributed by atoms with van der Waals surface area (Å²) in [5.41, 5.74) is -3.86. The number of rotatable bonds is 6. The Bertz CT molecular complexity index is 1300. The maximum absolute atomic E-state index is 14.1. The molecule has 3 aromatic rings. The molecular weight excluding hydrogens is 522 g/mol. The number of hydrogen-bond acceptors (Lipinski definition) is 3. The summed E-state index contributed by atoms with van der Waals surface area (Å²) in [5.74, 6) is 0. The van der Waals surface area contributed by atoms with Crippen LogP contribution in [-0.2, 0) is 15.6 Å². The standard InChI is InChI=1S/C25H22Cl2F3NO3S/c26-19-12-15-22(27)23(16-19)35(33,34)31(20-8-4-5-9-20)21-13-10-18(11-14-21)24(32,25(28,29)30)17-6-2-1-3-7-17/h1-3,6-7,10-16,20,32H,4-5,8-9H2. The molecule has 1 atom stereocenters. The van der Waals surface area contributed by atoms with Gasteiger partial charge in [0.1, 0.15) is 4.90 Å². The van der Waals surface area contributed by atoms with Gasteiger partial charge in [-0.05, 0) is 54.3 Å². The number of hydrogen-bond donors (Lipinski definition) is 1.